The molecule has 10 heteroatoms. The molecule has 0 bridgehead atoms. The minimum absolute atomic E-state index is 0.194. The summed E-state index contributed by atoms with van der Waals surface area (Å²) in [6, 6.07) is 10.5. The third-order valence-electron chi connectivity index (χ3n) is 6.41. The van der Waals surface area contributed by atoms with Crippen molar-refractivity contribution in [2.45, 2.75) is 38.0 Å². The molecule has 1 aromatic heterocycles. The van der Waals surface area contributed by atoms with Crippen molar-refractivity contribution in [2.24, 2.45) is 5.16 Å². The molecule has 2 atom stereocenters. The lowest BCUT2D eigenvalue weighted by molar-refractivity contribution is -0.190. The fourth-order valence-electron chi connectivity index (χ4n) is 4.75. The first kappa shape index (κ1) is 23.9. The average molecular weight is 499 g/mol. The first-order chi connectivity index (χ1) is 17.1. The van der Waals surface area contributed by atoms with Crippen molar-refractivity contribution in [1.82, 2.24) is 14.5 Å². The Hall–Kier alpha value is -3.79. The van der Waals surface area contributed by atoms with Crippen molar-refractivity contribution < 1.29 is 27.9 Å². The molecule has 3 aromatic rings. The number of aromatic nitrogens is 2. The predicted molar refractivity (Wildman–Crippen MR) is 127 cm³/mol. The maximum Gasteiger partial charge on any atom is 0.269 e. The highest BCUT2D eigenvalue weighted by Gasteiger charge is 2.58. The highest BCUT2D eigenvalue weighted by Crippen LogP contribution is 2.46. The lowest BCUT2D eigenvalue weighted by Gasteiger charge is -2.43. The number of amidine groups is 1. The molecule has 36 heavy (non-hydrogen) atoms. The molecule has 1 saturated heterocycles. The number of fused-ring (bicyclic) bond motifs is 1. The number of aryl methyl sites for hydroxylation is 1. The Morgan fingerprint density at radius 3 is 2.58 bits per heavy atom. The zero-order chi connectivity index (χ0) is 25.7. The highest BCUT2D eigenvalue weighted by atomic mass is 19.3. The van der Waals surface area contributed by atoms with Crippen LogP contribution >= 0.6 is 0 Å². The lowest BCUT2D eigenvalue weighted by Crippen LogP contribution is -2.59. The first-order valence-corrected chi connectivity index (χ1v) is 11.4. The number of aliphatic hydroxyl groups excluding tert-OH is 1. The van der Waals surface area contributed by atoms with Gasteiger partial charge in [-0.25, -0.2) is 18.2 Å². The number of nitrogens with zero attached hydrogens (tertiary/aromatic N) is 4. The van der Waals surface area contributed by atoms with E-state index < -0.39 is 36.5 Å². The number of methoxy groups -OCH3 is 1. The van der Waals surface area contributed by atoms with Gasteiger partial charge in [-0.05, 0) is 61.9 Å². The summed E-state index contributed by atoms with van der Waals surface area (Å²) in [5, 5.41) is 14.8. The zero-order valence-electron chi connectivity index (χ0n) is 20.0. The number of imidazole rings is 1. The molecule has 7 nitrogen and oxygen atoms in total. The molecule has 2 aliphatic heterocycles. The summed E-state index contributed by atoms with van der Waals surface area (Å²) in [5.41, 5.74) is 1.06. The van der Waals surface area contributed by atoms with E-state index >= 15 is 8.78 Å². The first-order valence-electron chi connectivity index (χ1n) is 11.4. The van der Waals surface area contributed by atoms with Crippen LogP contribution in [-0.2, 0) is 10.6 Å². The van der Waals surface area contributed by atoms with Gasteiger partial charge in [0.05, 0.1) is 31.4 Å². The van der Waals surface area contributed by atoms with Gasteiger partial charge in [0.15, 0.2) is 5.84 Å². The number of hydrogen-bond acceptors (Lipinski definition) is 6. The molecule has 0 radical (unpaired) electrons. The van der Waals surface area contributed by atoms with E-state index in [2.05, 4.69) is 10.1 Å². The van der Waals surface area contributed by atoms with Crippen LogP contribution in [-0.4, -0.2) is 51.1 Å². The minimum Gasteiger partial charge on any atom is -0.495 e. The molecule has 2 aliphatic rings. The van der Waals surface area contributed by atoms with Crippen LogP contribution in [0.1, 0.15) is 30.2 Å². The van der Waals surface area contributed by atoms with Gasteiger partial charge in [-0.2, -0.15) is 0 Å². The van der Waals surface area contributed by atoms with Gasteiger partial charge in [0.1, 0.15) is 17.7 Å². The molecular weight excluding hydrogens is 473 g/mol. The standard InChI is InChI=1S/C26H25F3N4O3/c1-16-13-32(15-30-16)22-9-4-18(11-23(22)35-3)10-19-12-25(28,29)14-33-24(19)31-36-26(33,17(2)34)20-5-7-21(27)8-6-20/h4-11,13,15,17,34H,12,14H2,1-3H3/b19-10+/t17?,26-/m0/s1. The second kappa shape index (κ2) is 8.70. The molecule has 0 saturated carbocycles. The van der Waals surface area contributed by atoms with Gasteiger partial charge in [0, 0.05) is 23.8 Å². The number of aliphatic hydroxyl groups is 1. The maximum absolute atomic E-state index is 15.0. The Morgan fingerprint density at radius 2 is 1.94 bits per heavy atom. The van der Waals surface area contributed by atoms with Crippen LogP contribution in [0.3, 0.4) is 0 Å². The van der Waals surface area contributed by atoms with Crippen molar-refractivity contribution in [2.75, 3.05) is 13.7 Å². The molecule has 3 heterocycles. The van der Waals surface area contributed by atoms with E-state index in [0.717, 1.165) is 11.4 Å². The molecule has 1 fully saturated rings. The Labute approximate surface area is 206 Å². The van der Waals surface area contributed by atoms with E-state index in [1.807, 2.05) is 23.8 Å². The van der Waals surface area contributed by atoms with Crippen molar-refractivity contribution >= 4 is 11.9 Å². The van der Waals surface area contributed by atoms with Gasteiger partial charge in [-0.1, -0.05) is 11.2 Å². The van der Waals surface area contributed by atoms with E-state index in [1.165, 1.54) is 43.2 Å². The minimum atomic E-state index is -3.13. The molecule has 0 amide bonds. The summed E-state index contributed by atoms with van der Waals surface area (Å²) in [7, 11) is 1.53. The Morgan fingerprint density at radius 1 is 1.19 bits per heavy atom. The van der Waals surface area contributed by atoms with Crippen LogP contribution in [0.25, 0.3) is 11.8 Å². The van der Waals surface area contributed by atoms with E-state index in [9.17, 15) is 9.50 Å². The van der Waals surface area contributed by atoms with E-state index in [0.29, 0.717) is 16.9 Å². The molecule has 0 aliphatic carbocycles. The van der Waals surface area contributed by atoms with Crippen molar-refractivity contribution in [3.05, 3.63) is 83.2 Å². The number of benzene rings is 2. The fraction of sp³-hybridized carbons (Fsp3) is 0.308. The Kier molecular flexibility index (Phi) is 5.78. The third kappa shape index (κ3) is 4.01. The zero-order valence-corrected chi connectivity index (χ0v) is 20.0. The summed E-state index contributed by atoms with van der Waals surface area (Å²) < 4.78 is 51.0. The topological polar surface area (TPSA) is 72.1 Å². The van der Waals surface area contributed by atoms with Gasteiger partial charge < -0.3 is 24.1 Å². The van der Waals surface area contributed by atoms with Crippen LogP contribution < -0.4 is 4.74 Å². The number of alkyl halides is 2. The van der Waals surface area contributed by atoms with Crippen LogP contribution in [0.5, 0.6) is 5.75 Å². The van der Waals surface area contributed by atoms with Gasteiger partial charge in [-0.3, -0.25) is 0 Å². The molecule has 188 valence electrons. The van der Waals surface area contributed by atoms with E-state index in [1.54, 1.807) is 24.5 Å². The fourth-order valence-corrected chi connectivity index (χ4v) is 4.75. The summed E-state index contributed by atoms with van der Waals surface area (Å²) in [5.74, 6) is -2.89. The van der Waals surface area contributed by atoms with Crippen molar-refractivity contribution in [1.29, 1.82) is 0 Å². The van der Waals surface area contributed by atoms with E-state index in [4.69, 9.17) is 9.57 Å². The second-order valence-electron chi connectivity index (χ2n) is 9.03. The van der Waals surface area contributed by atoms with Crippen molar-refractivity contribution in [3.8, 4) is 11.4 Å². The van der Waals surface area contributed by atoms with Gasteiger partial charge in [0.25, 0.3) is 11.6 Å². The van der Waals surface area contributed by atoms with Crippen LogP contribution in [0.15, 0.2) is 65.7 Å². The molecule has 5 rings (SSSR count). The number of piperidine rings is 1. The van der Waals surface area contributed by atoms with Crippen molar-refractivity contribution in [3.63, 3.8) is 0 Å². The van der Waals surface area contributed by atoms with Crippen LogP contribution in [0.2, 0.25) is 0 Å². The summed E-state index contributed by atoms with van der Waals surface area (Å²) >= 11 is 0. The predicted octanol–water partition coefficient (Wildman–Crippen LogP) is 4.63. The maximum atomic E-state index is 15.0. The summed E-state index contributed by atoms with van der Waals surface area (Å²) in [6.07, 6.45) is 3.32. The smallest absolute Gasteiger partial charge is 0.269 e. The van der Waals surface area contributed by atoms with Crippen LogP contribution in [0, 0.1) is 12.7 Å². The SMILES string of the molecule is COc1cc(/C=C2\CC(F)(F)CN3C2=NO[C@]3(c2ccc(F)cc2)C(C)O)ccc1-n1cnc(C)c1. The summed E-state index contributed by atoms with van der Waals surface area (Å²) in [6.45, 7) is 2.59. The molecule has 2 aromatic carbocycles. The number of halogens is 3. The van der Waals surface area contributed by atoms with Gasteiger partial charge in [-0.15, -0.1) is 0 Å². The Bertz CT molecular complexity index is 1350. The number of oxime groups is 1. The molecule has 0 spiro atoms. The molecular formula is C26H25F3N4O3. The monoisotopic (exact) mass is 498 g/mol. The number of ether oxygens (including phenoxy) is 1. The molecule has 1 N–H and O–H groups in total. The third-order valence-corrected chi connectivity index (χ3v) is 6.41. The second-order valence-corrected chi connectivity index (χ2v) is 9.03. The average Bonchev–Trinajstić information content (AvgIpc) is 3.43. The van der Waals surface area contributed by atoms with Gasteiger partial charge in [0.2, 0.25) is 0 Å². The highest BCUT2D eigenvalue weighted by molar-refractivity contribution is 6.04. The number of rotatable bonds is 5. The quantitative estimate of drug-likeness (QED) is 0.556. The van der Waals surface area contributed by atoms with Crippen LogP contribution in [0.4, 0.5) is 13.2 Å². The Balaban J connectivity index is 1.55. The normalized spacial score (nSPS) is 22.7. The molecule has 1 unspecified atom stereocenters. The largest absolute Gasteiger partial charge is 0.495 e. The number of hydrogen-bond donors (Lipinski definition) is 1. The summed E-state index contributed by atoms with van der Waals surface area (Å²) in [4.78, 5) is 11.2. The van der Waals surface area contributed by atoms with E-state index in [-0.39, 0.29) is 11.4 Å². The lowest BCUT2D eigenvalue weighted by atomic mass is 9.90. The van der Waals surface area contributed by atoms with Gasteiger partial charge >= 0.3 is 0 Å².